The number of benzene rings is 1. The van der Waals surface area contributed by atoms with Gasteiger partial charge in [0.2, 0.25) is 0 Å². The van der Waals surface area contributed by atoms with Gasteiger partial charge >= 0.3 is 0 Å². The van der Waals surface area contributed by atoms with E-state index < -0.39 is 0 Å². The fraction of sp³-hybridized carbons (Fsp3) is 0.474. The zero-order valence-corrected chi connectivity index (χ0v) is 15.8. The molecule has 25 heavy (non-hydrogen) atoms. The summed E-state index contributed by atoms with van der Waals surface area (Å²) in [4.78, 5) is 18.9. The van der Waals surface area contributed by atoms with Gasteiger partial charge < -0.3 is 9.64 Å². The Hall–Kier alpha value is -1.79. The van der Waals surface area contributed by atoms with Gasteiger partial charge in [0.25, 0.3) is 5.91 Å². The molecule has 134 valence electrons. The smallest absolute Gasteiger partial charge is 0.273 e. The minimum Gasteiger partial charge on any atom is -0.378 e. The average Bonchev–Trinajstić information content (AvgIpc) is 3.07. The summed E-state index contributed by atoms with van der Waals surface area (Å²) in [5, 5.41) is 2.22. The Morgan fingerprint density at radius 3 is 2.80 bits per heavy atom. The van der Waals surface area contributed by atoms with Crippen molar-refractivity contribution in [2.75, 3.05) is 13.7 Å². The predicted octanol–water partition coefficient (Wildman–Crippen LogP) is 4.22. The Morgan fingerprint density at radius 1 is 1.44 bits per heavy atom. The third-order valence-corrected chi connectivity index (χ3v) is 5.98. The maximum Gasteiger partial charge on any atom is 0.273 e. The van der Waals surface area contributed by atoms with Gasteiger partial charge in [-0.25, -0.2) is 9.37 Å². The first kappa shape index (κ1) is 18.0. The normalized spacial score (nSPS) is 21.6. The van der Waals surface area contributed by atoms with E-state index >= 15 is 0 Å². The van der Waals surface area contributed by atoms with Gasteiger partial charge in [-0.15, -0.1) is 11.3 Å². The van der Waals surface area contributed by atoms with Crippen molar-refractivity contribution in [1.29, 1.82) is 0 Å². The Bertz CT molecular complexity index is 774. The van der Waals surface area contributed by atoms with Crippen LogP contribution in [0.1, 0.15) is 37.7 Å². The summed E-state index contributed by atoms with van der Waals surface area (Å²) in [7, 11) is 1.80. The molecule has 1 aliphatic carbocycles. The fourth-order valence-electron chi connectivity index (χ4n) is 3.46. The van der Waals surface area contributed by atoms with Gasteiger partial charge in [-0.1, -0.05) is 26.0 Å². The molecule has 6 heteroatoms. The third-order valence-electron chi connectivity index (χ3n) is 5.11. The number of carbonyl (C=O) groups excluding carboxylic acids is 1. The van der Waals surface area contributed by atoms with Crippen molar-refractivity contribution in [3.63, 3.8) is 0 Å². The van der Waals surface area contributed by atoms with Crippen molar-refractivity contribution < 1.29 is 13.9 Å². The maximum absolute atomic E-state index is 13.9. The number of halogens is 1. The van der Waals surface area contributed by atoms with Crippen molar-refractivity contribution in [3.05, 3.63) is 41.2 Å². The molecule has 3 rings (SSSR count). The molecule has 1 aromatic heterocycles. The number of hydrogen-bond donors (Lipinski definition) is 0. The molecule has 0 N–H and O–H groups in total. The van der Waals surface area contributed by atoms with Crippen LogP contribution in [0.4, 0.5) is 4.39 Å². The second-order valence-electron chi connectivity index (χ2n) is 6.95. The SMILES string of the molecule is CCOC1CC(N(C)C(=O)c2csc(-c3ccccc3F)n2)C1(C)C. The lowest BCUT2D eigenvalue weighted by atomic mass is 9.63. The molecule has 0 spiro atoms. The first-order chi connectivity index (χ1) is 11.9. The zero-order valence-electron chi connectivity index (χ0n) is 15.0. The quantitative estimate of drug-likeness (QED) is 0.800. The van der Waals surface area contributed by atoms with Gasteiger partial charge in [-0.05, 0) is 25.5 Å². The molecule has 1 heterocycles. The molecule has 1 saturated carbocycles. The van der Waals surface area contributed by atoms with E-state index in [9.17, 15) is 9.18 Å². The number of hydrogen-bond acceptors (Lipinski definition) is 4. The van der Waals surface area contributed by atoms with Crippen molar-refractivity contribution in [2.24, 2.45) is 5.41 Å². The van der Waals surface area contributed by atoms with Gasteiger partial charge in [0.05, 0.1) is 6.10 Å². The Kier molecular flexibility index (Phi) is 4.93. The van der Waals surface area contributed by atoms with Crippen LogP contribution in [0.3, 0.4) is 0 Å². The lowest BCUT2D eigenvalue weighted by Gasteiger charge is -2.54. The number of nitrogens with zero attached hydrogens (tertiary/aromatic N) is 2. The highest BCUT2D eigenvalue weighted by Crippen LogP contribution is 2.45. The summed E-state index contributed by atoms with van der Waals surface area (Å²) < 4.78 is 19.7. The standard InChI is InChI=1S/C19H23FN2O2S/c1-5-24-16-10-15(19(16,2)3)22(4)18(23)14-11-25-17(21-14)12-8-6-7-9-13(12)20/h6-9,11,15-16H,5,10H2,1-4H3. The van der Waals surface area contributed by atoms with E-state index in [2.05, 4.69) is 18.8 Å². The summed E-state index contributed by atoms with van der Waals surface area (Å²) in [5.41, 5.74) is 0.696. The topological polar surface area (TPSA) is 42.4 Å². The van der Waals surface area contributed by atoms with Crippen LogP contribution in [0.5, 0.6) is 0 Å². The average molecular weight is 362 g/mol. The summed E-state index contributed by atoms with van der Waals surface area (Å²) in [5.74, 6) is -0.462. The number of ether oxygens (including phenoxy) is 1. The van der Waals surface area contributed by atoms with Crippen LogP contribution in [0, 0.1) is 11.2 Å². The highest BCUT2D eigenvalue weighted by atomic mass is 32.1. The van der Waals surface area contributed by atoms with Crippen LogP contribution < -0.4 is 0 Å². The van der Waals surface area contributed by atoms with Crippen molar-refractivity contribution in [3.8, 4) is 10.6 Å². The first-order valence-corrected chi connectivity index (χ1v) is 9.33. The molecule has 1 aromatic carbocycles. The summed E-state index contributed by atoms with van der Waals surface area (Å²) in [6.07, 6.45) is 0.995. The van der Waals surface area contributed by atoms with Gasteiger partial charge in [0.15, 0.2) is 0 Å². The molecule has 2 atom stereocenters. The lowest BCUT2D eigenvalue weighted by molar-refractivity contribution is -0.136. The number of aromatic nitrogens is 1. The monoisotopic (exact) mass is 362 g/mol. The highest BCUT2D eigenvalue weighted by molar-refractivity contribution is 7.13. The van der Waals surface area contributed by atoms with Gasteiger partial charge in [0.1, 0.15) is 16.5 Å². The molecule has 1 fully saturated rings. The largest absolute Gasteiger partial charge is 0.378 e. The Morgan fingerprint density at radius 2 is 2.16 bits per heavy atom. The van der Waals surface area contributed by atoms with Crippen molar-refractivity contribution in [2.45, 2.75) is 39.3 Å². The molecular formula is C19H23FN2O2S. The zero-order chi connectivity index (χ0) is 18.2. The minimum atomic E-state index is -0.330. The van der Waals surface area contributed by atoms with E-state index in [0.29, 0.717) is 22.9 Å². The molecular weight excluding hydrogens is 339 g/mol. The Balaban J connectivity index is 1.75. The van der Waals surface area contributed by atoms with Gasteiger partial charge in [-0.3, -0.25) is 4.79 Å². The minimum absolute atomic E-state index is 0.0925. The lowest BCUT2D eigenvalue weighted by Crippen LogP contribution is -2.62. The Labute approximate surface area is 151 Å². The van der Waals surface area contributed by atoms with Crippen LogP contribution in [0.2, 0.25) is 0 Å². The molecule has 0 bridgehead atoms. The third kappa shape index (κ3) is 3.20. The van der Waals surface area contributed by atoms with E-state index in [1.165, 1.54) is 17.4 Å². The second kappa shape index (κ2) is 6.84. The van der Waals surface area contributed by atoms with E-state index in [1.807, 2.05) is 6.92 Å². The van der Waals surface area contributed by atoms with E-state index in [0.717, 1.165) is 6.42 Å². The maximum atomic E-state index is 13.9. The van der Waals surface area contributed by atoms with Crippen LogP contribution >= 0.6 is 11.3 Å². The summed E-state index contributed by atoms with van der Waals surface area (Å²) in [6.45, 7) is 6.91. The van der Waals surface area contributed by atoms with Crippen LogP contribution in [0.15, 0.2) is 29.6 Å². The number of rotatable bonds is 5. The summed E-state index contributed by atoms with van der Waals surface area (Å²) in [6, 6.07) is 6.58. The summed E-state index contributed by atoms with van der Waals surface area (Å²) >= 11 is 1.29. The predicted molar refractivity (Wildman–Crippen MR) is 97.2 cm³/mol. The number of amides is 1. The molecule has 1 aliphatic rings. The molecule has 0 radical (unpaired) electrons. The van der Waals surface area contributed by atoms with E-state index in [4.69, 9.17) is 4.74 Å². The highest BCUT2D eigenvalue weighted by Gasteiger charge is 2.52. The van der Waals surface area contributed by atoms with Crippen LogP contribution in [-0.2, 0) is 4.74 Å². The fourth-order valence-corrected chi connectivity index (χ4v) is 4.28. The molecule has 0 aliphatic heterocycles. The van der Waals surface area contributed by atoms with E-state index in [1.54, 1.807) is 35.5 Å². The molecule has 4 nitrogen and oxygen atoms in total. The van der Waals surface area contributed by atoms with Crippen LogP contribution in [-0.4, -0.2) is 41.6 Å². The molecule has 2 aromatic rings. The second-order valence-corrected chi connectivity index (χ2v) is 7.81. The van der Waals surface area contributed by atoms with Gasteiger partial charge in [0, 0.05) is 36.1 Å². The van der Waals surface area contributed by atoms with E-state index in [-0.39, 0.29) is 29.3 Å². The van der Waals surface area contributed by atoms with Gasteiger partial charge in [-0.2, -0.15) is 0 Å². The number of carbonyl (C=O) groups is 1. The van der Waals surface area contributed by atoms with Crippen LogP contribution in [0.25, 0.3) is 10.6 Å². The van der Waals surface area contributed by atoms with Crippen molar-refractivity contribution >= 4 is 17.2 Å². The molecule has 0 saturated heterocycles. The number of thiazole rings is 1. The first-order valence-electron chi connectivity index (χ1n) is 8.45. The molecule has 1 amide bonds. The molecule has 2 unspecified atom stereocenters. The van der Waals surface area contributed by atoms with Crippen molar-refractivity contribution in [1.82, 2.24) is 9.88 Å².